The number of carboxylic acid groups (broad SMARTS) is 1. The van der Waals surface area contributed by atoms with Crippen molar-refractivity contribution in [2.24, 2.45) is 0 Å². The summed E-state index contributed by atoms with van der Waals surface area (Å²) in [6, 6.07) is -1.40. The summed E-state index contributed by atoms with van der Waals surface area (Å²) in [6.45, 7) is 0. The molecule has 0 bridgehead atoms. The number of carboxylic acids is 1. The van der Waals surface area contributed by atoms with E-state index >= 15 is 0 Å². The number of nitrogens with zero attached hydrogens (tertiary/aromatic N) is 1. The second kappa shape index (κ2) is 6.55. The van der Waals surface area contributed by atoms with Gasteiger partial charge in [-0.25, -0.2) is 4.79 Å². The fraction of sp³-hybridized carbons (Fsp3) is 0.800. The third-order valence-corrected chi connectivity index (χ3v) is 7.02. The first-order valence-electron chi connectivity index (χ1n) is 8.12. The molecule has 0 aromatic heterocycles. The Kier molecular flexibility index (Phi) is 4.83. The minimum absolute atomic E-state index is 0.0815. The Hall–Kier alpha value is -0.890. The lowest BCUT2D eigenvalue weighted by Crippen LogP contribution is -2.55. The van der Waals surface area contributed by atoms with Crippen LogP contribution in [0.3, 0.4) is 0 Å². The number of carbonyl (C=O) groups excluding carboxylic acids is 2. The molecule has 2 amide bonds. The van der Waals surface area contributed by atoms with Crippen LogP contribution >= 0.6 is 24.4 Å². The minimum Gasteiger partial charge on any atom is -0.480 e. The van der Waals surface area contributed by atoms with Gasteiger partial charge in [0.15, 0.2) is 0 Å². The highest BCUT2D eigenvalue weighted by atomic mass is 32.2. The molecule has 2 saturated heterocycles. The summed E-state index contributed by atoms with van der Waals surface area (Å²) in [6.07, 6.45) is 5.11. The maximum absolute atomic E-state index is 12.8. The van der Waals surface area contributed by atoms with E-state index in [1.807, 2.05) is 0 Å². The smallest absolute Gasteiger partial charge is 0.326 e. The van der Waals surface area contributed by atoms with E-state index in [-0.39, 0.29) is 17.2 Å². The molecule has 1 saturated carbocycles. The minimum atomic E-state index is -0.963. The van der Waals surface area contributed by atoms with Crippen LogP contribution < -0.4 is 5.32 Å². The summed E-state index contributed by atoms with van der Waals surface area (Å²) in [7, 11) is 0. The average molecular weight is 358 g/mol. The van der Waals surface area contributed by atoms with Crippen molar-refractivity contribution in [3.05, 3.63) is 0 Å². The van der Waals surface area contributed by atoms with E-state index in [9.17, 15) is 19.5 Å². The Morgan fingerprint density at radius 1 is 1.26 bits per heavy atom. The molecule has 2 aliphatic heterocycles. The summed E-state index contributed by atoms with van der Waals surface area (Å²) in [5, 5.41) is 12.1. The second-order valence-electron chi connectivity index (χ2n) is 6.56. The maximum atomic E-state index is 12.8. The van der Waals surface area contributed by atoms with E-state index in [1.165, 1.54) is 4.90 Å². The van der Waals surface area contributed by atoms with Gasteiger partial charge < -0.3 is 15.3 Å². The number of fused-ring (bicyclic) bond motifs is 1. The van der Waals surface area contributed by atoms with Crippen LogP contribution in [0.1, 0.15) is 44.9 Å². The van der Waals surface area contributed by atoms with Crippen LogP contribution in [0.5, 0.6) is 0 Å². The lowest BCUT2D eigenvalue weighted by Gasteiger charge is -2.30. The van der Waals surface area contributed by atoms with Gasteiger partial charge in [-0.1, -0.05) is 12.8 Å². The SMILES string of the molecule is O=C(O)[C@@H]1CC[C@@H]2SCC[C@H](NC(=O)C3(S)CCCC3)C(=O)N21. The quantitative estimate of drug-likeness (QED) is 0.661. The first-order chi connectivity index (χ1) is 10.9. The zero-order valence-electron chi connectivity index (χ0n) is 12.9. The molecule has 3 fully saturated rings. The maximum Gasteiger partial charge on any atom is 0.326 e. The number of aliphatic carboxylic acids is 1. The van der Waals surface area contributed by atoms with Gasteiger partial charge in [-0.05, 0) is 37.9 Å². The van der Waals surface area contributed by atoms with Crippen LogP contribution in [0.4, 0.5) is 0 Å². The summed E-state index contributed by atoms with van der Waals surface area (Å²) < 4.78 is -0.684. The van der Waals surface area contributed by atoms with Crippen LogP contribution in [0.2, 0.25) is 0 Å². The molecular formula is C15H22N2O4S2. The largest absolute Gasteiger partial charge is 0.480 e. The molecule has 3 aliphatic rings. The van der Waals surface area contributed by atoms with Crippen molar-refractivity contribution >= 4 is 42.2 Å². The Morgan fingerprint density at radius 2 is 1.96 bits per heavy atom. The number of carbonyl (C=O) groups is 3. The Labute approximate surface area is 145 Å². The molecule has 23 heavy (non-hydrogen) atoms. The van der Waals surface area contributed by atoms with Crippen LogP contribution in [-0.2, 0) is 14.4 Å². The Balaban J connectivity index is 1.73. The molecule has 2 N–H and O–H groups in total. The zero-order valence-corrected chi connectivity index (χ0v) is 14.6. The molecular weight excluding hydrogens is 336 g/mol. The molecule has 0 aromatic carbocycles. The highest BCUT2D eigenvalue weighted by Gasteiger charge is 2.46. The lowest BCUT2D eigenvalue weighted by atomic mass is 10.0. The van der Waals surface area contributed by atoms with E-state index in [4.69, 9.17) is 0 Å². The van der Waals surface area contributed by atoms with Gasteiger partial charge in [0.1, 0.15) is 12.1 Å². The molecule has 0 aromatic rings. The van der Waals surface area contributed by atoms with E-state index in [0.717, 1.165) is 31.4 Å². The highest BCUT2D eigenvalue weighted by Crippen LogP contribution is 2.38. The topological polar surface area (TPSA) is 86.7 Å². The third-order valence-electron chi connectivity index (χ3n) is 5.05. The molecule has 8 heteroatoms. The molecule has 3 atom stereocenters. The van der Waals surface area contributed by atoms with Gasteiger partial charge in [-0.15, -0.1) is 11.8 Å². The lowest BCUT2D eigenvalue weighted by molar-refractivity contribution is -0.149. The van der Waals surface area contributed by atoms with Crippen LogP contribution in [0.25, 0.3) is 0 Å². The number of nitrogens with one attached hydrogen (secondary N) is 1. The first kappa shape index (κ1) is 17.0. The Morgan fingerprint density at radius 3 is 2.61 bits per heavy atom. The van der Waals surface area contributed by atoms with Crippen molar-refractivity contribution in [1.29, 1.82) is 0 Å². The predicted octanol–water partition coefficient (Wildman–Crippen LogP) is 1.25. The van der Waals surface area contributed by atoms with Gasteiger partial charge in [0.25, 0.3) is 0 Å². The summed E-state index contributed by atoms with van der Waals surface area (Å²) >= 11 is 6.13. The number of thiol groups is 1. The third kappa shape index (κ3) is 3.20. The van der Waals surface area contributed by atoms with Crippen molar-refractivity contribution in [2.75, 3.05) is 5.75 Å². The summed E-state index contributed by atoms with van der Waals surface area (Å²) in [5.41, 5.74) is 0. The fourth-order valence-electron chi connectivity index (χ4n) is 3.72. The Bertz CT molecular complexity index is 522. The fourth-order valence-corrected chi connectivity index (χ4v) is 5.46. The van der Waals surface area contributed by atoms with Crippen LogP contribution in [0.15, 0.2) is 0 Å². The second-order valence-corrected chi connectivity index (χ2v) is 8.70. The van der Waals surface area contributed by atoms with Gasteiger partial charge in [0.05, 0.1) is 10.1 Å². The van der Waals surface area contributed by atoms with Crippen molar-refractivity contribution in [3.8, 4) is 0 Å². The molecule has 0 unspecified atom stereocenters. The number of hydrogen-bond acceptors (Lipinski definition) is 5. The predicted molar refractivity (Wildman–Crippen MR) is 90.5 cm³/mol. The van der Waals surface area contributed by atoms with E-state index in [0.29, 0.717) is 19.3 Å². The molecule has 0 radical (unpaired) electrons. The molecule has 3 rings (SSSR count). The van der Waals surface area contributed by atoms with Gasteiger partial charge in [0, 0.05) is 0 Å². The van der Waals surface area contributed by atoms with Crippen molar-refractivity contribution in [1.82, 2.24) is 10.2 Å². The molecule has 128 valence electrons. The van der Waals surface area contributed by atoms with Crippen LogP contribution in [-0.4, -0.2) is 55.7 Å². The number of amides is 2. The number of rotatable bonds is 3. The standard InChI is InChI=1S/C15H22N2O4S2/c18-12-9(16-14(21)15(22)6-1-2-7-15)5-8-23-11-4-3-10(13(19)20)17(11)12/h9-11,22H,1-8H2,(H,16,21)(H,19,20)/t9-,10-,11-/m0/s1. The highest BCUT2D eigenvalue weighted by molar-refractivity contribution is 7.99. The van der Waals surface area contributed by atoms with Gasteiger partial charge >= 0.3 is 5.97 Å². The molecule has 1 aliphatic carbocycles. The zero-order chi connectivity index (χ0) is 16.6. The van der Waals surface area contributed by atoms with Gasteiger partial charge in [-0.3, -0.25) is 9.59 Å². The molecule has 6 nitrogen and oxygen atoms in total. The van der Waals surface area contributed by atoms with Crippen LogP contribution in [0, 0.1) is 0 Å². The number of thioether (sulfide) groups is 1. The van der Waals surface area contributed by atoms with Gasteiger partial charge in [-0.2, -0.15) is 12.6 Å². The van der Waals surface area contributed by atoms with E-state index < -0.39 is 22.8 Å². The van der Waals surface area contributed by atoms with E-state index in [2.05, 4.69) is 17.9 Å². The monoisotopic (exact) mass is 358 g/mol. The van der Waals surface area contributed by atoms with Gasteiger partial charge in [0.2, 0.25) is 11.8 Å². The molecule has 0 spiro atoms. The van der Waals surface area contributed by atoms with Crippen molar-refractivity contribution in [3.63, 3.8) is 0 Å². The normalized spacial score (nSPS) is 33.2. The average Bonchev–Trinajstić information content (AvgIpc) is 3.09. The number of hydrogen-bond donors (Lipinski definition) is 3. The van der Waals surface area contributed by atoms with Crippen molar-refractivity contribution < 1.29 is 19.5 Å². The molecule has 2 heterocycles. The first-order valence-corrected chi connectivity index (χ1v) is 9.62. The van der Waals surface area contributed by atoms with E-state index in [1.54, 1.807) is 11.8 Å². The summed E-state index contributed by atoms with van der Waals surface area (Å²) in [4.78, 5) is 38.2. The summed E-state index contributed by atoms with van der Waals surface area (Å²) in [5.74, 6) is -0.668. The van der Waals surface area contributed by atoms with Crippen molar-refractivity contribution in [2.45, 2.75) is 67.2 Å².